The van der Waals surface area contributed by atoms with Crippen molar-refractivity contribution in [2.45, 2.75) is 12.8 Å². The highest BCUT2D eigenvalue weighted by Gasteiger charge is 2.13. The molecular formula is C21H20F2N2O3. The first-order valence-corrected chi connectivity index (χ1v) is 8.86. The van der Waals surface area contributed by atoms with Crippen LogP contribution in [0.15, 0.2) is 59.1 Å². The number of benzene rings is 2. The van der Waals surface area contributed by atoms with Gasteiger partial charge in [0.15, 0.2) is 18.2 Å². The molecule has 0 radical (unpaired) electrons. The topological polar surface area (TPSA) is 55.6 Å². The third-order valence-electron chi connectivity index (χ3n) is 4.22. The van der Waals surface area contributed by atoms with E-state index in [9.17, 15) is 13.6 Å². The van der Waals surface area contributed by atoms with E-state index < -0.39 is 11.6 Å². The van der Waals surface area contributed by atoms with E-state index in [-0.39, 0.29) is 18.3 Å². The summed E-state index contributed by atoms with van der Waals surface area (Å²) in [6.45, 7) is 0.162. The maximum absolute atomic E-state index is 13.5. The number of ether oxygens (including phenoxy) is 1. The van der Waals surface area contributed by atoms with Gasteiger partial charge in [0.2, 0.25) is 0 Å². The number of carbonyl (C=O) groups excluding carboxylic acids is 1. The molecule has 0 aliphatic heterocycles. The highest BCUT2D eigenvalue weighted by Crippen LogP contribution is 2.19. The number of likely N-dealkylation sites (N-methyl/N-ethyl adjacent to an activating group) is 1. The minimum Gasteiger partial charge on any atom is -0.481 e. The normalized spacial score (nSPS) is 10.7. The standard InChI is InChI=1S/C21H20F2N2O3/c1-25(21(26)14-27-20-10-9-16(22)12-18(20)23)11-5-8-17-13-19(24-28-17)15-6-3-2-4-7-15/h2-4,6-7,9-10,12-13H,5,8,11,14H2,1H3. The van der Waals surface area contributed by atoms with E-state index in [2.05, 4.69) is 5.16 Å². The van der Waals surface area contributed by atoms with Gasteiger partial charge in [-0.15, -0.1) is 0 Å². The first-order valence-electron chi connectivity index (χ1n) is 8.86. The smallest absolute Gasteiger partial charge is 0.260 e. The molecule has 1 heterocycles. The van der Waals surface area contributed by atoms with E-state index >= 15 is 0 Å². The summed E-state index contributed by atoms with van der Waals surface area (Å²) in [5, 5.41) is 4.06. The van der Waals surface area contributed by atoms with Gasteiger partial charge in [-0.05, 0) is 18.6 Å². The lowest BCUT2D eigenvalue weighted by Gasteiger charge is -2.17. The quantitative estimate of drug-likeness (QED) is 0.585. The lowest BCUT2D eigenvalue weighted by Crippen LogP contribution is -2.32. The summed E-state index contributed by atoms with van der Waals surface area (Å²) >= 11 is 0. The largest absolute Gasteiger partial charge is 0.481 e. The summed E-state index contributed by atoms with van der Waals surface area (Å²) < 4.78 is 36.8. The van der Waals surface area contributed by atoms with Crippen molar-refractivity contribution >= 4 is 5.91 Å². The fraction of sp³-hybridized carbons (Fsp3) is 0.238. The Morgan fingerprint density at radius 3 is 2.68 bits per heavy atom. The average molecular weight is 386 g/mol. The number of aromatic nitrogens is 1. The molecule has 28 heavy (non-hydrogen) atoms. The highest BCUT2D eigenvalue weighted by atomic mass is 19.1. The molecule has 2 aromatic carbocycles. The number of nitrogens with zero attached hydrogens (tertiary/aromatic N) is 2. The second-order valence-electron chi connectivity index (χ2n) is 6.33. The Bertz CT molecular complexity index is 928. The second kappa shape index (κ2) is 9.12. The maximum Gasteiger partial charge on any atom is 0.260 e. The van der Waals surface area contributed by atoms with Gasteiger partial charge in [-0.25, -0.2) is 8.78 Å². The number of carbonyl (C=O) groups is 1. The van der Waals surface area contributed by atoms with Gasteiger partial charge in [0.05, 0.1) is 0 Å². The van der Waals surface area contributed by atoms with Gasteiger partial charge in [0.1, 0.15) is 17.3 Å². The molecule has 5 nitrogen and oxygen atoms in total. The van der Waals surface area contributed by atoms with Crippen molar-refractivity contribution in [3.63, 3.8) is 0 Å². The molecule has 7 heteroatoms. The van der Waals surface area contributed by atoms with E-state index in [4.69, 9.17) is 9.26 Å². The zero-order valence-electron chi connectivity index (χ0n) is 15.4. The first-order chi connectivity index (χ1) is 13.5. The fourth-order valence-corrected chi connectivity index (χ4v) is 2.63. The first kappa shape index (κ1) is 19.5. The molecule has 3 aromatic rings. The summed E-state index contributed by atoms with van der Waals surface area (Å²) in [4.78, 5) is 13.6. The van der Waals surface area contributed by atoms with E-state index in [1.54, 1.807) is 7.05 Å². The van der Waals surface area contributed by atoms with E-state index in [0.29, 0.717) is 25.5 Å². The van der Waals surface area contributed by atoms with Crippen molar-refractivity contribution in [3.05, 3.63) is 72.0 Å². The summed E-state index contributed by atoms with van der Waals surface area (Å²) in [5.74, 6) is -1.25. The summed E-state index contributed by atoms with van der Waals surface area (Å²) in [6.07, 6.45) is 1.31. The van der Waals surface area contributed by atoms with E-state index in [0.717, 1.165) is 29.2 Å². The van der Waals surface area contributed by atoms with Crippen LogP contribution in [0.2, 0.25) is 0 Å². The van der Waals surface area contributed by atoms with Crippen molar-refractivity contribution in [3.8, 4) is 17.0 Å². The number of amides is 1. The minimum absolute atomic E-state index is 0.154. The van der Waals surface area contributed by atoms with Crippen LogP contribution in [0.4, 0.5) is 8.78 Å². The van der Waals surface area contributed by atoms with Gasteiger partial charge in [0, 0.05) is 37.7 Å². The number of aryl methyl sites for hydroxylation is 1. The fourth-order valence-electron chi connectivity index (χ4n) is 2.63. The second-order valence-corrected chi connectivity index (χ2v) is 6.33. The Morgan fingerprint density at radius 1 is 1.14 bits per heavy atom. The van der Waals surface area contributed by atoms with Crippen LogP contribution < -0.4 is 4.74 Å². The van der Waals surface area contributed by atoms with Gasteiger partial charge in [-0.1, -0.05) is 35.5 Å². The van der Waals surface area contributed by atoms with Crippen LogP contribution in [0, 0.1) is 11.6 Å². The molecule has 146 valence electrons. The van der Waals surface area contributed by atoms with E-state index in [1.165, 1.54) is 4.90 Å². The van der Waals surface area contributed by atoms with Crippen molar-refractivity contribution in [2.75, 3.05) is 20.2 Å². The van der Waals surface area contributed by atoms with Crippen molar-refractivity contribution < 1.29 is 22.8 Å². The molecule has 0 spiro atoms. The molecule has 0 fully saturated rings. The lowest BCUT2D eigenvalue weighted by molar-refractivity contribution is -0.132. The molecule has 0 unspecified atom stereocenters. The number of halogens is 2. The minimum atomic E-state index is -0.838. The number of hydrogen-bond acceptors (Lipinski definition) is 4. The monoisotopic (exact) mass is 386 g/mol. The lowest BCUT2D eigenvalue weighted by atomic mass is 10.1. The Hall–Kier alpha value is -3.22. The van der Waals surface area contributed by atoms with Crippen LogP contribution in [0.1, 0.15) is 12.2 Å². The molecular weight excluding hydrogens is 366 g/mol. The molecule has 0 N–H and O–H groups in total. The molecule has 0 aliphatic rings. The van der Waals surface area contributed by atoms with Gasteiger partial charge in [0.25, 0.3) is 5.91 Å². The SMILES string of the molecule is CN(CCCc1cc(-c2ccccc2)no1)C(=O)COc1ccc(F)cc1F. The van der Waals surface area contributed by atoms with Gasteiger partial charge in [-0.2, -0.15) is 0 Å². The zero-order valence-corrected chi connectivity index (χ0v) is 15.4. The number of rotatable bonds is 8. The van der Waals surface area contributed by atoms with Gasteiger partial charge >= 0.3 is 0 Å². The molecule has 1 aromatic heterocycles. The number of hydrogen-bond donors (Lipinski definition) is 0. The van der Waals surface area contributed by atoms with Crippen molar-refractivity contribution in [1.29, 1.82) is 0 Å². The van der Waals surface area contributed by atoms with Gasteiger partial charge in [-0.3, -0.25) is 4.79 Å². The molecule has 3 rings (SSSR count). The van der Waals surface area contributed by atoms with Crippen LogP contribution in [0.25, 0.3) is 11.3 Å². The predicted molar refractivity (Wildman–Crippen MR) is 99.8 cm³/mol. The predicted octanol–water partition coefficient (Wildman–Crippen LogP) is 4.09. The Kier molecular flexibility index (Phi) is 6.37. The van der Waals surface area contributed by atoms with Crippen LogP contribution in [0.5, 0.6) is 5.75 Å². The van der Waals surface area contributed by atoms with E-state index in [1.807, 2.05) is 36.4 Å². The Balaban J connectivity index is 1.43. The maximum atomic E-state index is 13.5. The summed E-state index contributed by atoms with van der Waals surface area (Å²) in [7, 11) is 1.64. The van der Waals surface area contributed by atoms with Crippen molar-refractivity contribution in [2.24, 2.45) is 0 Å². The molecule has 0 saturated heterocycles. The Morgan fingerprint density at radius 2 is 1.93 bits per heavy atom. The van der Waals surface area contributed by atoms with Crippen LogP contribution in [-0.2, 0) is 11.2 Å². The van der Waals surface area contributed by atoms with Crippen LogP contribution >= 0.6 is 0 Å². The summed E-state index contributed by atoms with van der Waals surface area (Å²) in [5.41, 5.74) is 1.75. The van der Waals surface area contributed by atoms with Gasteiger partial charge < -0.3 is 14.2 Å². The average Bonchev–Trinajstić information content (AvgIpc) is 3.16. The molecule has 0 aliphatic carbocycles. The molecule has 0 atom stereocenters. The zero-order chi connectivity index (χ0) is 19.9. The molecule has 0 bridgehead atoms. The molecule has 0 saturated carbocycles. The highest BCUT2D eigenvalue weighted by molar-refractivity contribution is 5.77. The van der Waals surface area contributed by atoms with Crippen LogP contribution in [-0.4, -0.2) is 36.2 Å². The third kappa shape index (κ3) is 5.16. The third-order valence-corrected chi connectivity index (χ3v) is 4.22. The summed E-state index contributed by atoms with van der Waals surface area (Å²) in [6, 6.07) is 14.6. The molecule has 1 amide bonds. The van der Waals surface area contributed by atoms with Crippen LogP contribution in [0.3, 0.4) is 0 Å². The Labute approximate surface area is 161 Å². The van der Waals surface area contributed by atoms with Crippen molar-refractivity contribution in [1.82, 2.24) is 10.1 Å².